The summed E-state index contributed by atoms with van der Waals surface area (Å²) in [6, 6.07) is 5.23. The maximum atomic E-state index is 13.1. The molecule has 0 radical (unpaired) electrons. The molecule has 78 valence electrons. The number of rotatable bonds is 4. The zero-order valence-electron chi connectivity index (χ0n) is 7.48. The van der Waals surface area contributed by atoms with Gasteiger partial charge in [0, 0.05) is 6.61 Å². The number of halogens is 1. The molecule has 0 saturated heterocycles. The van der Waals surface area contributed by atoms with E-state index in [0.717, 1.165) is 6.07 Å². The van der Waals surface area contributed by atoms with Gasteiger partial charge in [-0.15, -0.1) is 0 Å². The van der Waals surface area contributed by atoms with Crippen molar-refractivity contribution < 1.29 is 17.9 Å². The maximum Gasteiger partial charge on any atom is 0.181 e. The Balaban J connectivity index is 2.99. The monoisotopic (exact) mass is 218 g/mol. The Labute approximate surface area is 82.1 Å². The number of sulfone groups is 1. The van der Waals surface area contributed by atoms with Gasteiger partial charge in [0.25, 0.3) is 0 Å². The van der Waals surface area contributed by atoms with Gasteiger partial charge in [0.15, 0.2) is 9.84 Å². The van der Waals surface area contributed by atoms with Crippen LogP contribution in [0.4, 0.5) is 4.39 Å². The highest BCUT2D eigenvalue weighted by Gasteiger charge is 2.17. The molecule has 0 aliphatic carbocycles. The minimum Gasteiger partial charge on any atom is -0.396 e. The first-order valence-corrected chi connectivity index (χ1v) is 5.81. The Hall–Kier alpha value is -0.940. The summed E-state index contributed by atoms with van der Waals surface area (Å²) in [6.45, 7) is -0.215. The summed E-state index contributed by atoms with van der Waals surface area (Å²) in [4.78, 5) is -0.298. The lowest BCUT2D eigenvalue weighted by Crippen LogP contribution is -2.09. The van der Waals surface area contributed by atoms with E-state index in [2.05, 4.69) is 0 Å². The lowest BCUT2D eigenvalue weighted by molar-refractivity contribution is 0.295. The fourth-order valence-corrected chi connectivity index (χ4v) is 2.44. The standard InChI is InChI=1S/C9H11FO3S/c10-8-4-1-2-5-9(8)14(12,13)7-3-6-11/h1-2,4-5,11H,3,6-7H2. The summed E-state index contributed by atoms with van der Waals surface area (Å²) in [5.41, 5.74) is 0. The largest absolute Gasteiger partial charge is 0.396 e. The molecule has 0 bridgehead atoms. The summed E-state index contributed by atoms with van der Waals surface area (Å²) >= 11 is 0. The molecule has 0 amide bonds. The normalized spacial score (nSPS) is 11.6. The zero-order valence-corrected chi connectivity index (χ0v) is 8.30. The summed E-state index contributed by atoms with van der Waals surface area (Å²) < 4.78 is 36.0. The van der Waals surface area contributed by atoms with Gasteiger partial charge in [0.05, 0.1) is 5.75 Å². The zero-order chi connectivity index (χ0) is 10.6. The highest BCUT2D eigenvalue weighted by atomic mass is 32.2. The van der Waals surface area contributed by atoms with Crippen molar-refractivity contribution >= 4 is 9.84 Å². The van der Waals surface area contributed by atoms with Crippen molar-refractivity contribution in [2.75, 3.05) is 12.4 Å². The van der Waals surface area contributed by atoms with Crippen LogP contribution in [0.1, 0.15) is 6.42 Å². The van der Waals surface area contributed by atoms with Gasteiger partial charge < -0.3 is 5.11 Å². The first-order valence-electron chi connectivity index (χ1n) is 4.16. The molecule has 0 aliphatic heterocycles. The van der Waals surface area contributed by atoms with Crippen molar-refractivity contribution in [1.82, 2.24) is 0 Å². The number of aliphatic hydroxyl groups excluding tert-OH is 1. The van der Waals surface area contributed by atoms with E-state index in [1.54, 1.807) is 0 Å². The Bertz CT molecular complexity index is 400. The minimum atomic E-state index is -3.59. The van der Waals surface area contributed by atoms with Crippen molar-refractivity contribution in [1.29, 1.82) is 0 Å². The average Bonchev–Trinajstić information content (AvgIpc) is 2.15. The molecule has 0 atom stereocenters. The van der Waals surface area contributed by atoms with Crippen LogP contribution in [0.25, 0.3) is 0 Å². The highest BCUT2D eigenvalue weighted by molar-refractivity contribution is 7.91. The molecule has 1 N–H and O–H groups in total. The summed E-state index contributed by atoms with van der Waals surface area (Å²) in [7, 11) is -3.59. The van der Waals surface area contributed by atoms with Crippen LogP contribution in [-0.4, -0.2) is 25.9 Å². The third-order valence-electron chi connectivity index (χ3n) is 1.74. The maximum absolute atomic E-state index is 13.1. The van der Waals surface area contributed by atoms with Crippen LogP contribution in [0.15, 0.2) is 29.2 Å². The van der Waals surface area contributed by atoms with Crippen LogP contribution < -0.4 is 0 Å². The lowest BCUT2D eigenvalue weighted by Gasteiger charge is -2.03. The molecule has 5 heteroatoms. The third-order valence-corrected chi connectivity index (χ3v) is 3.57. The van der Waals surface area contributed by atoms with E-state index in [4.69, 9.17) is 5.11 Å². The summed E-state index contributed by atoms with van der Waals surface area (Å²) in [6.07, 6.45) is 0.122. The van der Waals surface area contributed by atoms with Crippen molar-refractivity contribution in [3.8, 4) is 0 Å². The Kier molecular flexibility index (Phi) is 3.60. The van der Waals surface area contributed by atoms with Crippen molar-refractivity contribution in [3.63, 3.8) is 0 Å². The molecular weight excluding hydrogens is 207 g/mol. The molecule has 0 heterocycles. The van der Waals surface area contributed by atoms with Crippen LogP contribution in [0.5, 0.6) is 0 Å². The molecule has 0 unspecified atom stereocenters. The Morgan fingerprint density at radius 2 is 1.93 bits per heavy atom. The summed E-state index contributed by atoms with van der Waals surface area (Å²) in [5.74, 6) is -0.977. The van der Waals surface area contributed by atoms with Crippen molar-refractivity contribution in [2.24, 2.45) is 0 Å². The summed E-state index contributed by atoms with van der Waals surface area (Å²) in [5, 5.41) is 8.49. The quantitative estimate of drug-likeness (QED) is 0.819. The van der Waals surface area contributed by atoms with Crippen LogP contribution in [-0.2, 0) is 9.84 Å². The van der Waals surface area contributed by atoms with Gasteiger partial charge in [-0.25, -0.2) is 12.8 Å². The van der Waals surface area contributed by atoms with Crippen LogP contribution in [0, 0.1) is 5.82 Å². The molecule has 0 saturated carbocycles. The van der Waals surface area contributed by atoms with E-state index >= 15 is 0 Å². The predicted molar refractivity (Wildman–Crippen MR) is 50.2 cm³/mol. The van der Waals surface area contributed by atoms with Crippen LogP contribution >= 0.6 is 0 Å². The fourth-order valence-electron chi connectivity index (χ4n) is 1.06. The van der Waals surface area contributed by atoms with Gasteiger partial charge in [-0.05, 0) is 18.6 Å². The third kappa shape index (κ3) is 2.52. The molecule has 0 spiro atoms. The Morgan fingerprint density at radius 3 is 2.50 bits per heavy atom. The van der Waals surface area contributed by atoms with Gasteiger partial charge >= 0.3 is 0 Å². The molecular formula is C9H11FO3S. The van der Waals surface area contributed by atoms with E-state index in [1.807, 2.05) is 0 Å². The first-order chi connectivity index (χ1) is 6.58. The van der Waals surface area contributed by atoms with E-state index in [1.165, 1.54) is 18.2 Å². The minimum absolute atomic E-state index is 0.122. The average molecular weight is 218 g/mol. The van der Waals surface area contributed by atoms with Gasteiger partial charge in [-0.3, -0.25) is 0 Å². The van der Waals surface area contributed by atoms with E-state index in [9.17, 15) is 12.8 Å². The molecule has 0 fully saturated rings. The topological polar surface area (TPSA) is 54.4 Å². The van der Waals surface area contributed by atoms with Crippen molar-refractivity contribution in [2.45, 2.75) is 11.3 Å². The molecule has 1 rings (SSSR count). The van der Waals surface area contributed by atoms with Gasteiger partial charge in [0.2, 0.25) is 0 Å². The molecule has 3 nitrogen and oxygen atoms in total. The fraction of sp³-hybridized carbons (Fsp3) is 0.333. The molecule has 1 aromatic carbocycles. The van der Waals surface area contributed by atoms with Crippen LogP contribution in [0.3, 0.4) is 0 Å². The number of aliphatic hydroxyl groups is 1. The van der Waals surface area contributed by atoms with Crippen LogP contribution in [0.2, 0.25) is 0 Å². The molecule has 1 aromatic rings. The lowest BCUT2D eigenvalue weighted by atomic mass is 10.3. The SMILES string of the molecule is O=S(=O)(CCCO)c1ccccc1F. The smallest absolute Gasteiger partial charge is 0.181 e. The highest BCUT2D eigenvalue weighted by Crippen LogP contribution is 2.15. The first kappa shape index (κ1) is 11.1. The second-order valence-electron chi connectivity index (χ2n) is 2.83. The van der Waals surface area contributed by atoms with E-state index in [-0.39, 0.29) is 23.7 Å². The Morgan fingerprint density at radius 1 is 1.29 bits per heavy atom. The predicted octanol–water partition coefficient (Wildman–Crippen LogP) is 0.982. The molecule has 0 aromatic heterocycles. The van der Waals surface area contributed by atoms with Gasteiger partial charge in [0.1, 0.15) is 10.7 Å². The second kappa shape index (κ2) is 4.52. The van der Waals surface area contributed by atoms with Crippen molar-refractivity contribution in [3.05, 3.63) is 30.1 Å². The second-order valence-corrected chi connectivity index (χ2v) is 4.90. The molecule has 0 aliphatic rings. The molecule has 14 heavy (non-hydrogen) atoms. The number of hydrogen-bond donors (Lipinski definition) is 1. The number of hydrogen-bond acceptors (Lipinski definition) is 3. The van der Waals surface area contributed by atoms with E-state index < -0.39 is 15.7 Å². The number of benzene rings is 1. The van der Waals surface area contributed by atoms with E-state index in [0.29, 0.717) is 0 Å². The van der Waals surface area contributed by atoms with Gasteiger partial charge in [-0.1, -0.05) is 12.1 Å². The van der Waals surface area contributed by atoms with Gasteiger partial charge in [-0.2, -0.15) is 0 Å².